The number of carbonyl (C=O) groups is 1. The van der Waals surface area contributed by atoms with Gasteiger partial charge in [0.25, 0.3) is 5.69 Å². The molecule has 0 bridgehead atoms. The van der Waals surface area contributed by atoms with Crippen molar-refractivity contribution in [3.05, 3.63) is 33.4 Å². The molecule has 0 aromatic heterocycles. The third-order valence-corrected chi connectivity index (χ3v) is 2.92. The van der Waals surface area contributed by atoms with Crippen molar-refractivity contribution in [1.82, 2.24) is 0 Å². The number of halogens is 3. The molecule has 0 heterocycles. The highest BCUT2D eigenvalue weighted by atomic mass is 32.2. The van der Waals surface area contributed by atoms with Crippen LogP contribution in [0.1, 0.15) is 22.8 Å². The number of nitriles is 1. The molecule has 1 aromatic rings. The highest BCUT2D eigenvalue weighted by Gasteiger charge is 2.34. The summed E-state index contributed by atoms with van der Waals surface area (Å²) in [7, 11) is 0. The maximum atomic E-state index is 12.4. The average Bonchev–Trinajstić information content (AvgIpc) is 2.36. The van der Waals surface area contributed by atoms with Gasteiger partial charge in [-0.25, -0.2) is 4.79 Å². The van der Waals surface area contributed by atoms with E-state index in [1.807, 2.05) is 0 Å². The zero-order valence-electron chi connectivity index (χ0n) is 10.4. The molecule has 0 amide bonds. The Morgan fingerprint density at radius 2 is 2.14 bits per heavy atom. The fourth-order valence-corrected chi connectivity index (χ4v) is 2.05. The lowest BCUT2D eigenvalue weighted by atomic mass is 10.1. The molecule has 0 aliphatic carbocycles. The molecule has 1 aromatic carbocycles. The second-order valence-corrected chi connectivity index (χ2v) is 4.61. The van der Waals surface area contributed by atoms with Gasteiger partial charge in [-0.05, 0) is 24.8 Å². The topological polar surface area (TPSA) is 93.2 Å². The minimum absolute atomic E-state index is 0.0451. The number of nitro benzene ring substituents is 1. The van der Waals surface area contributed by atoms with E-state index >= 15 is 0 Å². The van der Waals surface area contributed by atoms with Crippen LogP contribution in [0.15, 0.2) is 17.0 Å². The van der Waals surface area contributed by atoms with Crippen molar-refractivity contribution < 1.29 is 27.6 Å². The number of hydrogen-bond acceptors (Lipinski definition) is 6. The first-order chi connectivity index (χ1) is 9.69. The first-order valence-electron chi connectivity index (χ1n) is 5.35. The van der Waals surface area contributed by atoms with Gasteiger partial charge in [-0.1, -0.05) is 0 Å². The predicted octanol–water partition coefficient (Wildman–Crippen LogP) is 3.26. The smallest absolute Gasteiger partial charge is 0.446 e. The lowest BCUT2D eigenvalue weighted by molar-refractivity contribution is -0.387. The van der Waals surface area contributed by atoms with Crippen LogP contribution in [0, 0.1) is 21.4 Å². The summed E-state index contributed by atoms with van der Waals surface area (Å²) in [6.45, 7) is 1.43. The molecular weight excluding hydrogens is 313 g/mol. The third-order valence-electron chi connectivity index (χ3n) is 2.14. The molecule has 0 saturated carbocycles. The lowest BCUT2D eigenvalue weighted by Crippen LogP contribution is -2.09. The third kappa shape index (κ3) is 4.35. The van der Waals surface area contributed by atoms with E-state index in [4.69, 9.17) is 5.26 Å². The Labute approximate surface area is 120 Å². The quantitative estimate of drug-likeness (QED) is 0.366. The summed E-state index contributed by atoms with van der Waals surface area (Å²) < 4.78 is 41.7. The molecule has 0 atom stereocenters. The fourth-order valence-electron chi connectivity index (χ4n) is 1.39. The first kappa shape index (κ1) is 16.8. The van der Waals surface area contributed by atoms with E-state index in [-0.39, 0.29) is 6.61 Å². The van der Waals surface area contributed by atoms with Crippen LogP contribution in [-0.2, 0) is 4.74 Å². The second kappa shape index (κ2) is 6.45. The average molecular weight is 320 g/mol. The number of thioether (sulfide) groups is 1. The van der Waals surface area contributed by atoms with E-state index in [1.54, 1.807) is 0 Å². The minimum Gasteiger partial charge on any atom is -0.462 e. The molecule has 1 rings (SSSR count). The summed E-state index contributed by atoms with van der Waals surface area (Å²) >= 11 is -0.726. The summed E-state index contributed by atoms with van der Waals surface area (Å²) in [6.07, 6.45) is 0. The van der Waals surface area contributed by atoms with Crippen LogP contribution in [0.25, 0.3) is 0 Å². The number of ether oxygens (including phenoxy) is 1. The van der Waals surface area contributed by atoms with Gasteiger partial charge in [0.1, 0.15) is 6.07 Å². The van der Waals surface area contributed by atoms with Crippen molar-refractivity contribution in [2.24, 2.45) is 0 Å². The molecule has 21 heavy (non-hydrogen) atoms. The van der Waals surface area contributed by atoms with Crippen LogP contribution in [0.4, 0.5) is 18.9 Å². The number of benzene rings is 1. The van der Waals surface area contributed by atoms with E-state index in [0.717, 1.165) is 0 Å². The molecule has 0 spiro atoms. The molecule has 6 nitrogen and oxygen atoms in total. The Balaban J connectivity index is 3.45. The van der Waals surface area contributed by atoms with Crippen LogP contribution < -0.4 is 0 Å². The summed E-state index contributed by atoms with van der Waals surface area (Å²) in [5, 5.41) is 19.7. The highest BCUT2D eigenvalue weighted by molar-refractivity contribution is 8.00. The van der Waals surface area contributed by atoms with E-state index in [2.05, 4.69) is 4.74 Å². The summed E-state index contributed by atoms with van der Waals surface area (Å²) in [5.74, 6) is -1.01. The van der Waals surface area contributed by atoms with Crippen molar-refractivity contribution >= 4 is 23.4 Å². The lowest BCUT2D eigenvalue weighted by Gasteiger charge is -2.09. The number of nitrogens with zero attached hydrogens (tertiary/aromatic N) is 2. The Morgan fingerprint density at radius 1 is 1.52 bits per heavy atom. The van der Waals surface area contributed by atoms with Gasteiger partial charge >= 0.3 is 11.5 Å². The summed E-state index contributed by atoms with van der Waals surface area (Å²) in [6, 6.07) is 2.79. The van der Waals surface area contributed by atoms with Gasteiger partial charge in [-0.2, -0.15) is 18.4 Å². The van der Waals surface area contributed by atoms with Crippen molar-refractivity contribution in [3.63, 3.8) is 0 Å². The molecule has 10 heteroatoms. The maximum absolute atomic E-state index is 12.4. The van der Waals surface area contributed by atoms with Gasteiger partial charge < -0.3 is 4.74 Å². The number of esters is 1. The molecule has 0 unspecified atom stereocenters. The van der Waals surface area contributed by atoms with Gasteiger partial charge in [-0.15, -0.1) is 0 Å². The Hall–Kier alpha value is -2.28. The molecule has 0 aliphatic heterocycles. The number of carbonyl (C=O) groups excluding carboxylic acids is 1. The molecule has 112 valence electrons. The Kier molecular flexibility index (Phi) is 5.15. The van der Waals surface area contributed by atoms with Crippen LogP contribution in [0.5, 0.6) is 0 Å². The summed E-state index contributed by atoms with van der Waals surface area (Å²) in [4.78, 5) is 20.6. The Morgan fingerprint density at radius 3 is 2.57 bits per heavy atom. The van der Waals surface area contributed by atoms with Crippen molar-refractivity contribution in [1.29, 1.82) is 5.26 Å². The monoisotopic (exact) mass is 320 g/mol. The van der Waals surface area contributed by atoms with Crippen LogP contribution in [-0.4, -0.2) is 23.0 Å². The first-order valence-corrected chi connectivity index (χ1v) is 6.16. The van der Waals surface area contributed by atoms with Gasteiger partial charge in [0.15, 0.2) is 0 Å². The number of rotatable bonds is 4. The van der Waals surface area contributed by atoms with Gasteiger partial charge in [0, 0.05) is 6.07 Å². The molecule has 0 N–H and O–H groups in total. The van der Waals surface area contributed by atoms with Gasteiger partial charge in [0.2, 0.25) is 0 Å². The SMILES string of the molecule is CCOC(=O)c1cc([N+](=O)[O-])c(SC(F)(F)F)cc1C#N. The van der Waals surface area contributed by atoms with Gasteiger partial charge in [-0.3, -0.25) is 10.1 Å². The van der Waals surface area contributed by atoms with Crippen molar-refractivity contribution in [2.45, 2.75) is 17.3 Å². The van der Waals surface area contributed by atoms with Crippen molar-refractivity contribution in [3.8, 4) is 6.07 Å². The highest BCUT2D eigenvalue weighted by Crippen LogP contribution is 2.42. The zero-order valence-corrected chi connectivity index (χ0v) is 11.2. The number of nitro groups is 1. The normalized spacial score (nSPS) is 10.8. The van der Waals surface area contributed by atoms with E-state index in [1.165, 1.54) is 13.0 Å². The zero-order chi connectivity index (χ0) is 16.2. The Bertz CT molecular complexity index is 625. The van der Waals surface area contributed by atoms with E-state index in [9.17, 15) is 28.1 Å². The van der Waals surface area contributed by atoms with Gasteiger partial charge in [0.05, 0.1) is 27.6 Å². The molecule has 0 saturated heterocycles. The number of hydrogen-bond donors (Lipinski definition) is 0. The maximum Gasteiger partial charge on any atom is 0.446 e. The van der Waals surface area contributed by atoms with Crippen LogP contribution in [0.3, 0.4) is 0 Å². The fraction of sp³-hybridized carbons (Fsp3) is 0.273. The standard InChI is InChI=1S/C11H7F3N2O4S/c1-2-20-10(17)7-4-8(16(18)19)9(3-6(7)5-15)21-11(12,13)14/h3-4H,2H2,1H3. The second-order valence-electron chi connectivity index (χ2n) is 3.50. The molecular formula is C11H7F3N2O4S. The van der Waals surface area contributed by atoms with E-state index in [0.29, 0.717) is 12.1 Å². The van der Waals surface area contributed by atoms with Crippen LogP contribution in [0.2, 0.25) is 0 Å². The van der Waals surface area contributed by atoms with Crippen molar-refractivity contribution in [2.75, 3.05) is 6.61 Å². The molecule has 0 fully saturated rings. The molecule has 0 radical (unpaired) electrons. The predicted molar refractivity (Wildman–Crippen MR) is 65.7 cm³/mol. The number of alkyl halides is 3. The summed E-state index contributed by atoms with van der Waals surface area (Å²) in [5.41, 5.74) is -6.55. The van der Waals surface area contributed by atoms with Crippen LogP contribution >= 0.6 is 11.8 Å². The minimum atomic E-state index is -4.76. The molecule has 0 aliphatic rings. The van der Waals surface area contributed by atoms with E-state index < -0.39 is 49.9 Å². The largest absolute Gasteiger partial charge is 0.462 e.